The van der Waals surface area contributed by atoms with Crippen molar-refractivity contribution in [2.45, 2.75) is 63.6 Å². The smallest absolute Gasteiger partial charge is 0.484 e. The lowest BCUT2D eigenvalue weighted by atomic mass is 10.1. The number of aromatic nitrogens is 5. The van der Waals surface area contributed by atoms with Crippen LogP contribution in [0.2, 0.25) is 0 Å². The van der Waals surface area contributed by atoms with E-state index in [0.717, 1.165) is 21.3 Å². The van der Waals surface area contributed by atoms with Crippen molar-refractivity contribution < 1.29 is 42.7 Å². The molecule has 1 saturated heterocycles. The summed E-state index contributed by atoms with van der Waals surface area (Å²) >= 11 is 1.41. The number of imidazole rings is 1. The first-order valence-electron chi connectivity index (χ1n) is 21.3. The van der Waals surface area contributed by atoms with Crippen molar-refractivity contribution >= 4 is 71.3 Å². The maximum Gasteiger partial charge on any atom is 0.678 e. The number of thiophene rings is 1. The topological polar surface area (TPSA) is 219 Å². The molecule has 0 radical (unpaired) electrons. The zero-order valence-corrected chi connectivity index (χ0v) is 36.3. The fourth-order valence-corrected chi connectivity index (χ4v) is 7.92. The van der Waals surface area contributed by atoms with Crippen LogP contribution in [0.1, 0.15) is 56.5 Å². The molecule has 0 unspecified atom stereocenters. The minimum Gasteiger partial charge on any atom is -0.484 e. The molecule has 65 heavy (non-hydrogen) atoms. The number of nitrogens with zero attached hydrogens (tertiary/aromatic N) is 6. The van der Waals surface area contributed by atoms with Gasteiger partial charge in [0.05, 0.1) is 23.4 Å². The number of carbonyl (C=O) groups is 3. The molecule has 6 heterocycles. The van der Waals surface area contributed by atoms with E-state index in [1.165, 1.54) is 28.6 Å². The van der Waals surface area contributed by atoms with E-state index in [9.17, 15) is 33.2 Å². The van der Waals surface area contributed by atoms with E-state index >= 15 is 0 Å². The van der Waals surface area contributed by atoms with Gasteiger partial charge in [-0.1, -0.05) is 30.7 Å². The van der Waals surface area contributed by atoms with Crippen molar-refractivity contribution in [2.24, 2.45) is 4.99 Å². The summed E-state index contributed by atoms with van der Waals surface area (Å²) in [5.41, 5.74) is 3.73. The van der Waals surface area contributed by atoms with Gasteiger partial charge in [0.15, 0.2) is 35.9 Å². The monoisotopic (exact) mass is 910 g/mol. The van der Waals surface area contributed by atoms with Gasteiger partial charge < -0.3 is 45.4 Å². The van der Waals surface area contributed by atoms with E-state index in [2.05, 4.69) is 41.2 Å². The van der Waals surface area contributed by atoms with E-state index in [4.69, 9.17) is 9.47 Å². The summed E-state index contributed by atoms with van der Waals surface area (Å²) in [6, 6.07) is 14.2. The lowest BCUT2D eigenvalue weighted by molar-refractivity contribution is -0.137. The van der Waals surface area contributed by atoms with Gasteiger partial charge in [-0.25, -0.2) is 19.9 Å². The number of hydrogen-bond acceptors (Lipinski definition) is 13. The van der Waals surface area contributed by atoms with Crippen molar-refractivity contribution in [3.8, 4) is 16.3 Å². The number of aliphatic imine (C=N–C) groups is 1. The average Bonchev–Trinajstić information content (AvgIpc) is 4.16. The summed E-state index contributed by atoms with van der Waals surface area (Å²) in [5, 5.41) is 34.4. The summed E-state index contributed by atoms with van der Waals surface area (Å²) < 4.78 is 41.7. The number of amides is 3. The number of nitrogens with one attached hydrogen (secondary N) is 4. The Balaban J connectivity index is 0.736. The number of anilines is 1. The Hall–Kier alpha value is -6.55. The second-order valence-corrected chi connectivity index (χ2v) is 16.0. The molecule has 0 saturated carbocycles. The van der Waals surface area contributed by atoms with Crippen LogP contribution in [0.3, 0.4) is 0 Å². The third-order valence-corrected chi connectivity index (χ3v) is 11.3. The van der Waals surface area contributed by atoms with Crippen LogP contribution in [0.5, 0.6) is 5.75 Å². The third-order valence-electron chi connectivity index (χ3n) is 10.4. The van der Waals surface area contributed by atoms with E-state index in [1.807, 2.05) is 47.9 Å². The molecule has 1 fully saturated rings. The number of hydrogen-bond donors (Lipinski definition) is 6. The highest BCUT2D eigenvalue weighted by Gasteiger charge is 2.47. The Bertz CT molecular complexity index is 2550. The number of ether oxygens (including phenoxy) is 2. The van der Waals surface area contributed by atoms with Gasteiger partial charge in [0.1, 0.15) is 24.3 Å². The van der Waals surface area contributed by atoms with Gasteiger partial charge >= 0.3 is 7.40 Å². The fraction of sp³-hybridized carbons (Fsp3) is 0.341. The molecule has 4 aromatic heterocycles. The molecule has 4 atom stereocenters. The molecular weight excluding hydrogens is 861 g/mol. The van der Waals surface area contributed by atoms with Crippen molar-refractivity contribution in [3.63, 3.8) is 0 Å². The summed E-state index contributed by atoms with van der Waals surface area (Å²) in [6.07, 6.45) is 9.68. The summed E-state index contributed by atoms with van der Waals surface area (Å²) in [7, 11) is -2.69. The molecule has 1 aromatic carbocycles. The van der Waals surface area contributed by atoms with Crippen LogP contribution >= 0.6 is 11.3 Å². The summed E-state index contributed by atoms with van der Waals surface area (Å²) in [5.74, 6) is 0.147. The quantitative estimate of drug-likeness (QED) is 0.0416. The molecule has 3 amide bonds. The molecular formula is C44H49BF2N10O7S. The highest BCUT2D eigenvalue weighted by molar-refractivity contribution is 7.13. The number of fused-ring (bicyclic) bond motifs is 1. The molecule has 5 aromatic rings. The lowest BCUT2D eigenvalue weighted by Gasteiger charge is -2.16. The SMILES string of the molecule is CCNC(=O)[C@H]1O[C@@H](n2cnc3c(NCCCNC(=O)CCCCCNC(=O)COc4ccc(/C=C/C5=NC(=C\c6ccc(-c7cccs7)n6B(F)F)/C=C5)cc4)ncnc32)[C@H](O)[C@@H]1O. The van der Waals surface area contributed by atoms with Crippen LogP contribution in [0, 0.1) is 0 Å². The Kier molecular flexibility index (Phi) is 16.0. The predicted molar refractivity (Wildman–Crippen MR) is 244 cm³/mol. The number of likely N-dealkylation sites (N-methyl/N-ethyl adjacent to an activating group) is 1. The molecule has 2 aliphatic heterocycles. The van der Waals surface area contributed by atoms with Gasteiger partial charge in [0.2, 0.25) is 5.91 Å². The predicted octanol–water partition coefficient (Wildman–Crippen LogP) is 4.62. The molecule has 0 bridgehead atoms. The Morgan fingerprint density at radius 2 is 1.72 bits per heavy atom. The van der Waals surface area contributed by atoms with E-state index in [1.54, 1.807) is 43.3 Å². The molecule has 0 aliphatic carbocycles. The highest BCUT2D eigenvalue weighted by Crippen LogP contribution is 2.33. The van der Waals surface area contributed by atoms with E-state index < -0.39 is 37.8 Å². The number of halogens is 2. The first-order valence-corrected chi connectivity index (χ1v) is 22.1. The van der Waals surface area contributed by atoms with Crippen molar-refractivity contribution in [2.75, 3.05) is 38.1 Å². The summed E-state index contributed by atoms with van der Waals surface area (Å²) in [4.78, 5) is 55.2. The molecule has 7 rings (SSSR count). The largest absolute Gasteiger partial charge is 0.678 e. The zero-order valence-electron chi connectivity index (χ0n) is 35.5. The molecule has 21 heteroatoms. The third kappa shape index (κ3) is 12.0. The van der Waals surface area contributed by atoms with Crippen molar-refractivity contribution in [3.05, 3.63) is 102 Å². The molecule has 17 nitrogen and oxygen atoms in total. The van der Waals surface area contributed by atoms with Crippen molar-refractivity contribution in [1.29, 1.82) is 0 Å². The maximum atomic E-state index is 14.0. The van der Waals surface area contributed by atoms with Crippen LogP contribution in [0.15, 0.2) is 95.5 Å². The number of rotatable bonds is 22. The van der Waals surface area contributed by atoms with E-state index in [0.29, 0.717) is 97.4 Å². The van der Waals surface area contributed by atoms with Crippen LogP contribution in [-0.4, -0.2) is 116 Å². The number of allylic oxidation sites excluding steroid dienone is 3. The van der Waals surface area contributed by atoms with Crippen LogP contribution in [0.25, 0.3) is 33.9 Å². The van der Waals surface area contributed by atoms with Gasteiger partial charge in [-0.3, -0.25) is 27.6 Å². The van der Waals surface area contributed by atoms with Crippen LogP contribution in [0.4, 0.5) is 14.4 Å². The minimum absolute atomic E-state index is 0.0640. The van der Waals surface area contributed by atoms with Gasteiger partial charge in [-0.05, 0) is 91.8 Å². The Morgan fingerprint density at radius 1 is 0.908 bits per heavy atom. The first-order chi connectivity index (χ1) is 31.6. The molecule has 2 aliphatic rings. The molecule has 6 N–H and O–H groups in total. The van der Waals surface area contributed by atoms with Gasteiger partial charge in [-0.15, -0.1) is 11.3 Å². The van der Waals surface area contributed by atoms with Gasteiger partial charge in [0.25, 0.3) is 11.8 Å². The number of benzene rings is 1. The second-order valence-electron chi connectivity index (χ2n) is 15.1. The molecule has 340 valence electrons. The van der Waals surface area contributed by atoms with Gasteiger partial charge in [-0.2, -0.15) is 0 Å². The number of aliphatic hydroxyl groups excluding tert-OH is 2. The minimum atomic E-state index is -2.69. The number of carbonyl (C=O) groups excluding carboxylic acids is 3. The maximum absolute atomic E-state index is 14.0. The van der Waals surface area contributed by atoms with Crippen molar-refractivity contribution in [1.82, 2.24) is 39.9 Å². The van der Waals surface area contributed by atoms with Crippen LogP contribution in [-0.2, 0) is 19.1 Å². The Morgan fingerprint density at radius 3 is 2.51 bits per heavy atom. The average molecular weight is 911 g/mol. The van der Waals surface area contributed by atoms with E-state index in [-0.39, 0.29) is 18.4 Å². The summed E-state index contributed by atoms with van der Waals surface area (Å²) in [6.45, 7) is 3.34. The fourth-order valence-electron chi connectivity index (χ4n) is 7.18. The number of aliphatic hydroxyl groups is 2. The Labute approximate surface area is 377 Å². The molecule has 0 spiro atoms. The highest BCUT2D eigenvalue weighted by atomic mass is 32.1. The standard InChI is InChI=1S/C44H49BF2N10O7S/c1-2-48-43(62)40-38(60)39(61)44(64-40)56-27-54-37-41(52-26-53-42(37)56)51-22-7-21-49-35(58)9-4-3-5-20-50-36(59)25-63-32-17-11-28(12-18-32)10-13-29-14-15-30(55-29)24-31-16-19-33(57(31)45(46)47)34-8-6-23-65-34/h6,8,10-19,23-24,26-27,38-40,44,60-61H,2-5,7,9,20-22,25H2,1H3,(H,48,62)(H,49,58)(H,50,59)(H,51,52,53)/b13-10+,30-24-/t38-,39+,40-,44+/m0/s1. The van der Waals surface area contributed by atoms with Gasteiger partial charge in [0, 0.05) is 43.2 Å². The second kappa shape index (κ2) is 22.4. The van der Waals surface area contributed by atoms with Crippen LogP contribution < -0.4 is 26.0 Å². The first kappa shape index (κ1) is 46.4. The lowest BCUT2D eigenvalue weighted by Crippen LogP contribution is -2.42. The number of unbranched alkanes of at least 4 members (excludes halogenated alkanes) is 2. The zero-order chi connectivity index (χ0) is 45.7. The normalized spacial score (nSPS) is 18.7.